The maximum atomic E-state index is 11.2. The first-order chi connectivity index (χ1) is 10.1. The normalized spacial score (nSPS) is 20.0. The summed E-state index contributed by atoms with van der Waals surface area (Å²) >= 11 is 1.36. The Hall–Kier alpha value is -1.71. The maximum absolute atomic E-state index is 11.2. The molecule has 114 valence electrons. The van der Waals surface area contributed by atoms with Crippen LogP contribution in [0.15, 0.2) is 11.6 Å². The van der Waals surface area contributed by atoms with Crippen LogP contribution in [0, 0.1) is 10.1 Å². The van der Waals surface area contributed by atoms with Crippen molar-refractivity contribution in [3.8, 4) is 0 Å². The SMILES string of the molecule is CC(COC1CCOC1)Nc1nc2sccn2c1[N+](=O)[O-]. The van der Waals surface area contributed by atoms with Crippen molar-refractivity contribution in [2.75, 3.05) is 25.1 Å². The number of hydrogen-bond donors (Lipinski definition) is 1. The first-order valence-corrected chi connectivity index (χ1v) is 7.59. The average Bonchev–Trinajstić information content (AvgIpc) is 3.11. The molecule has 0 saturated carbocycles. The van der Waals surface area contributed by atoms with Crippen molar-refractivity contribution in [3.63, 3.8) is 0 Å². The van der Waals surface area contributed by atoms with E-state index in [2.05, 4.69) is 10.3 Å². The van der Waals surface area contributed by atoms with Gasteiger partial charge in [0.15, 0.2) is 0 Å². The second kappa shape index (κ2) is 5.96. The number of hydrogen-bond acceptors (Lipinski definition) is 7. The quantitative estimate of drug-likeness (QED) is 0.647. The topological polar surface area (TPSA) is 90.9 Å². The molecule has 0 aromatic carbocycles. The Labute approximate surface area is 124 Å². The van der Waals surface area contributed by atoms with Gasteiger partial charge in [-0.05, 0) is 18.3 Å². The highest BCUT2D eigenvalue weighted by Crippen LogP contribution is 2.28. The van der Waals surface area contributed by atoms with E-state index in [1.807, 2.05) is 6.92 Å². The number of nitrogens with zero attached hydrogens (tertiary/aromatic N) is 3. The van der Waals surface area contributed by atoms with Crippen LogP contribution < -0.4 is 5.32 Å². The van der Waals surface area contributed by atoms with E-state index < -0.39 is 4.92 Å². The van der Waals surface area contributed by atoms with Crippen LogP contribution in [0.25, 0.3) is 4.96 Å². The van der Waals surface area contributed by atoms with Crippen LogP contribution in [0.4, 0.5) is 11.6 Å². The number of ether oxygens (including phenoxy) is 2. The van der Waals surface area contributed by atoms with E-state index in [0.717, 1.165) is 13.0 Å². The lowest BCUT2D eigenvalue weighted by molar-refractivity contribution is -0.389. The number of nitro groups is 1. The molecule has 0 bridgehead atoms. The molecule has 9 heteroatoms. The fraction of sp³-hybridized carbons (Fsp3) is 0.583. The number of fused-ring (bicyclic) bond motifs is 1. The van der Waals surface area contributed by atoms with Gasteiger partial charge in [-0.2, -0.15) is 9.38 Å². The molecule has 21 heavy (non-hydrogen) atoms. The summed E-state index contributed by atoms with van der Waals surface area (Å²) in [6.45, 7) is 3.71. The van der Waals surface area contributed by atoms with Crippen LogP contribution in [0.1, 0.15) is 13.3 Å². The Morgan fingerprint density at radius 2 is 2.62 bits per heavy atom. The van der Waals surface area contributed by atoms with Crippen molar-refractivity contribution in [1.82, 2.24) is 9.38 Å². The molecular weight excluding hydrogens is 296 g/mol. The van der Waals surface area contributed by atoms with E-state index in [1.54, 1.807) is 11.6 Å². The van der Waals surface area contributed by atoms with Gasteiger partial charge in [-0.25, -0.2) is 0 Å². The van der Waals surface area contributed by atoms with E-state index >= 15 is 0 Å². The fourth-order valence-corrected chi connectivity index (χ4v) is 2.95. The molecule has 0 amide bonds. The molecule has 0 aliphatic carbocycles. The summed E-state index contributed by atoms with van der Waals surface area (Å²) in [5.74, 6) is 0.243. The zero-order chi connectivity index (χ0) is 14.8. The summed E-state index contributed by atoms with van der Waals surface area (Å²) in [6, 6.07) is -0.0751. The Kier molecular flexibility index (Phi) is 4.04. The van der Waals surface area contributed by atoms with Crippen LogP contribution in [-0.4, -0.2) is 46.3 Å². The van der Waals surface area contributed by atoms with Gasteiger partial charge in [-0.1, -0.05) is 11.3 Å². The molecular formula is C12H16N4O4S. The van der Waals surface area contributed by atoms with E-state index in [4.69, 9.17) is 9.47 Å². The van der Waals surface area contributed by atoms with Gasteiger partial charge in [-0.15, -0.1) is 0 Å². The molecule has 1 saturated heterocycles. The molecule has 2 aromatic heterocycles. The predicted octanol–water partition coefficient (Wildman–Crippen LogP) is 1.91. The minimum atomic E-state index is -0.423. The van der Waals surface area contributed by atoms with Crippen molar-refractivity contribution in [3.05, 3.63) is 21.7 Å². The Morgan fingerprint density at radius 1 is 1.76 bits per heavy atom. The first kappa shape index (κ1) is 14.2. The molecule has 2 atom stereocenters. The van der Waals surface area contributed by atoms with Gasteiger partial charge < -0.3 is 24.9 Å². The second-order valence-electron chi connectivity index (χ2n) is 4.96. The van der Waals surface area contributed by atoms with Crippen LogP contribution >= 0.6 is 11.3 Å². The summed E-state index contributed by atoms with van der Waals surface area (Å²) < 4.78 is 12.4. The third-order valence-electron chi connectivity index (χ3n) is 3.26. The van der Waals surface area contributed by atoms with Gasteiger partial charge in [0.2, 0.25) is 5.82 Å². The highest BCUT2D eigenvalue weighted by Gasteiger charge is 2.25. The fourth-order valence-electron chi connectivity index (χ4n) is 2.24. The maximum Gasteiger partial charge on any atom is 0.372 e. The Bertz CT molecular complexity index is 634. The largest absolute Gasteiger partial charge is 0.379 e. The van der Waals surface area contributed by atoms with E-state index in [0.29, 0.717) is 18.2 Å². The van der Waals surface area contributed by atoms with Gasteiger partial charge in [0.1, 0.15) is 6.20 Å². The number of anilines is 1. The van der Waals surface area contributed by atoms with Crippen LogP contribution in [0.5, 0.6) is 0 Å². The van der Waals surface area contributed by atoms with Gasteiger partial charge in [0.05, 0.1) is 19.3 Å². The van der Waals surface area contributed by atoms with E-state index in [-0.39, 0.29) is 23.8 Å². The van der Waals surface area contributed by atoms with E-state index in [1.165, 1.54) is 15.7 Å². The van der Waals surface area contributed by atoms with E-state index in [9.17, 15) is 10.1 Å². The van der Waals surface area contributed by atoms with Gasteiger partial charge in [0.25, 0.3) is 4.96 Å². The van der Waals surface area contributed by atoms with Crippen molar-refractivity contribution in [2.45, 2.75) is 25.5 Å². The Balaban J connectivity index is 1.67. The van der Waals surface area contributed by atoms with Crippen molar-refractivity contribution < 1.29 is 14.4 Å². The van der Waals surface area contributed by atoms with Gasteiger partial charge in [0, 0.05) is 18.0 Å². The minimum Gasteiger partial charge on any atom is -0.379 e. The smallest absolute Gasteiger partial charge is 0.372 e. The number of nitrogens with one attached hydrogen (secondary N) is 1. The lowest BCUT2D eigenvalue weighted by Crippen LogP contribution is -2.26. The highest BCUT2D eigenvalue weighted by atomic mass is 32.1. The number of rotatable bonds is 6. The zero-order valence-electron chi connectivity index (χ0n) is 11.5. The van der Waals surface area contributed by atoms with Crippen molar-refractivity contribution in [2.24, 2.45) is 0 Å². The van der Waals surface area contributed by atoms with Crippen molar-refractivity contribution >= 4 is 27.9 Å². The molecule has 3 heterocycles. The lowest BCUT2D eigenvalue weighted by Gasteiger charge is -2.16. The van der Waals surface area contributed by atoms with Gasteiger partial charge >= 0.3 is 5.82 Å². The molecule has 0 spiro atoms. The average molecular weight is 312 g/mol. The lowest BCUT2D eigenvalue weighted by atomic mass is 10.3. The van der Waals surface area contributed by atoms with Crippen LogP contribution in [0.3, 0.4) is 0 Å². The number of aromatic nitrogens is 2. The third kappa shape index (κ3) is 2.99. The number of thiazole rings is 1. The summed E-state index contributed by atoms with van der Waals surface area (Å²) in [6.07, 6.45) is 2.66. The summed E-state index contributed by atoms with van der Waals surface area (Å²) in [7, 11) is 0. The summed E-state index contributed by atoms with van der Waals surface area (Å²) in [5, 5.41) is 16.0. The first-order valence-electron chi connectivity index (χ1n) is 6.71. The van der Waals surface area contributed by atoms with Crippen molar-refractivity contribution in [1.29, 1.82) is 0 Å². The molecule has 0 radical (unpaired) electrons. The zero-order valence-corrected chi connectivity index (χ0v) is 12.3. The molecule has 8 nitrogen and oxygen atoms in total. The van der Waals surface area contributed by atoms with Crippen LogP contribution in [-0.2, 0) is 9.47 Å². The van der Waals surface area contributed by atoms with Gasteiger partial charge in [-0.3, -0.25) is 0 Å². The number of imidazole rings is 1. The molecule has 2 aromatic rings. The third-order valence-corrected chi connectivity index (χ3v) is 4.02. The predicted molar refractivity (Wildman–Crippen MR) is 78.0 cm³/mol. The Morgan fingerprint density at radius 3 is 3.33 bits per heavy atom. The highest BCUT2D eigenvalue weighted by molar-refractivity contribution is 7.15. The minimum absolute atomic E-state index is 0.0395. The van der Waals surface area contributed by atoms with Crippen LogP contribution in [0.2, 0.25) is 0 Å². The standard InChI is InChI=1S/C12H16N4O4S/c1-8(6-20-9-2-4-19-7-9)13-10-11(16(17)18)15-3-5-21-12(15)14-10/h3,5,8-9,13H,2,4,6-7H2,1H3. The monoisotopic (exact) mass is 312 g/mol. The summed E-state index contributed by atoms with van der Waals surface area (Å²) in [5.41, 5.74) is 0. The molecule has 1 aliphatic rings. The molecule has 1 fully saturated rings. The molecule has 1 aliphatic heterocycles. The molecule has 1 N–H and O–H groups in total. The second-order valence-corrected chi connectivity index (χ2v) is 5.83. The summed E-state index contributed by atoms with van der Waals surface area (Å²) in [4.78, 5) is 15.6. The molecule has 3 rings (SSSR count). The molecule has 2 unspecified atom stereocenters.